The maximum atomic E-state index is 12.4. The molecule has 1 aliphatic heterocycles. The van der Waals surface area contributed by atoms with E-state index in [1.165, 1.54) is 0 Å². The molecule has 9 nitrogen and oxygen atoms in total. The lowest BCUT2D eigenvalue weighted by molar-refractivity contribution is -0.128. The van der Waals surface area contributed by atoms with Crippen LogP contribution in [0.1, 0.15) is 32.4 Å². The number of guanidine groups is 1. The molecule has 2 heterocycles. The third-order valence-electron chi connectivity index (χ3n) is 4.93. The van der Waals surface area contributed by atoms with Crippen molar-refractivity contribution < 1.29 is 14.3 Å². The number of aromatic nitrogens is 1. The van der Waals surface area contributed by atoms with Gasteiger partial charge in [0.15, 0.2) is 5.96 Å². The van der Waals surface area contributed by atoms with Crippen molar-refractivity contribution in [2.75, 3.05) is 46.4 Å². The van der Waals surface area contributed by atoms with Crippen LogP contribution in [0, 0.1) is 0 Å². The molecule has 2 amide bonds. The number of nitrogens with zero attached hydrogens (tertiary/aromatic N) is 4. The number of nitrogens with one attached hydrogen (secondary N) is 2. The number of halogens is 1. The standard InChI is InChI=1S/C21H34N6O3.HI/c1-4-22-20(25-18-10-14-27(15-11-18)21(29)30-5-2)24-16-19(28)26(3)13-9-17-8-6-7-12-23-17;/h6-8,12,18H,4-5,9-11,13-16H2,1-3H3,(H2,22,24,25);1H. The molecule has 0 aromatic carbocycles. The number of likely N-dealkylation sites (tertiary alicyclic amines) is 1. The van der Waals surface area contributed by atoms with E-state index in [1.54, 1.807) is 23.0 Å². The van der Waals surface area contributed by atoms with E-state index in [4.69, 9.17) is 4.74 Å². The molecular formula is C21H35IN6O3. The molecule has 1 aromatic heterocycles. The van der Waals surface area contributed by atoms with Crippen LogP contribution in [-0.2, 0) is 16.0 Å². The summed E-state index contributed by atoms with van der Waals surface area (Å²) in [5.74, 6) is 0.582. The first-order valence-corrected chi connectivity index (χ1v) is 10.6. The van der Waals surface area contributed by atoms with Gasteiger partial charge in [0.2, 0.25) is 5.91 Å². The minimum Gasteiger partial charge on any atom is -0.450 e. The minimum absolute atomic E-state index is 0. The van der Waals surface area contributed by atoms with Crippen molar-refractivity contribution in [3.63, 3.8) is 0 Å². The molecule has 0 unspecified atom stereocenters. The summed E-state index contributed by atoms with van der Waals surface area (Å²) < 4.78 is 5.06. The summed E-state index contributed by atoms with van der Waals surface area (Å²) in [7, 11) is 1.78. The van der Waals surface area contributed by atoms with Gasteiger partial charge in [-0.2, -0.15) is 0 Å². The summed E-state index contributed by atoms with van der Waals surface area (Å²) in [6, 6.07) is 5.98. The number of likely N-dealkylation sites (N-methyl/N-ethyl adjacent to an activating group) is 1. The largest absolute Gasteiger partial charge is 0.450 e. The fourth-order valence-electron chi connectivity index (χ4n) is 3.15. The summed E-state index contributed by atoms with van der Waals surface area (Å²) in [5.41, 5.74) is 0.963. The van der Waals surface area contributed by atoms with Crippen molar-refractivity contribution in [3.05, 3.63) is 30.1 Å². The van der Waals surface area contributed by atoms with E-state index >= 15 is 0 Å². The van der Waals surface area contributed by atoms with E-state index < -0.39 is 0 Å². The van der Waals surface area contributed by atoms with Gasteiger partial charge < -0.3 is 25.2 Å². The number of pyridine rings is 1. The number of amides is 2. The fraction of sp³-hybridized carbons (Fsp3) is 0.619. The Hall–Kier alpha value is -2.11. The highest BCUT2D eigenvalue weighted by Gasteiger charge is 2.24. The minimum atomic E-state index is -0.254. The second-order valence-corrected chi connectivity index (χ2v) is 7.19. The van der Waals surface area contributed by atoms with Crippen molar-refractivity contribution in [2.45, 2.75) is 39.2 Å². The third-order valence-corrected chi connectivity index (χ3v) is 4.93. The zero-order chi connectivity index (χ0) is 21.8. The van der Waals surface area contributed by atoms with Crippen LogP contribution in [0.3, 0.4) is 0 Å². The first-order chi connectivity index (χ1) is 14.5. The van der Waals surface area contributed by atoms with Crippen molar-refractivity contribution in [2.24, 2.45) is 4.99 Å². The average molecular weight is 546 g/mol. The Morgan fingerprint density at radius 3 is 2.65 bits per heavy atom. The molecule has 2 N–H and O–H groups in total. The first kappa shape index (κ1) is 26.9. The predicted molar refractivity (Wildman–Crippen MR) is 132 cm³/mol. The van der Waals surface area contributed by atoms with Crippen LogP contribution >= 0.6 is 24.0 Å². The van der Waals surface area contributed by atoms with Crippen molar-refractivity contribution in [1.82, 2.24) is 25.4 Å². The number of carbonyl (C=O) groups excluding carboxylic acids is 2. The maximum absolute atomic E-state index is 12.4. The first-order valence-electron chi connectivity index (χ1n) is 10.6. The van der Waals surface area contributed by atoms with Crippen LogP contribution in [0.25, 0.3) is 0 Å². The summed E-state index contributed by atoms with van der Waals surface area (Å²) in [5, 5.41) is 6.57. The highest BCUT2D eigenvalue weighted by atomic mass is 127. The smallest absolute Gasteiger partial charge is 0.409 e. The van der Waals surface area contributed by atoms with Gasteiger partial charge in [0.1, 0.15) is 6.54 Å². The lowest BCUT2D eigenvalue weighted by atomic mass is 10.1. The molecule has 1 saturated heterocycles. The number of aliphatic imine (C=N–C) groups is 1. The van der Waals surface area contributed by atoms with E-state index in [1.807, 2.05) is 32.0 Å². The SMILES string of the molecule is CCNC(=NCC(=O)N(C)CCc1ccccn1)NC1CCN(C(=O)OCC)CC1.I. The summed E-state index contributed by atoms with van der Waals surface area (Å²) in [6.07, 6.45) is 3.83. The van der Waals surface area contributed by atoms with Gasteiger partial charge in [-0.1, -0.05) is 6.07 Å². The monoisotopic (exact) mass is 546 g/mol. The quantitative estimate of drug-likeness (QED) is 0.294. The predicted octanol–water partition coefficient (Wildman–Crippen LogP) is 1.88. The number of piperidine rings is 1. The molecular weight excluding hydrogens is 511 g/mol. The van der Waals surface area contributed by atoms with E-state index in [0.29, 0.717) is 45.2 Å². The molecule has 0 aliphatic carbocycles. The zero-order valence-electron chi connectivity index (χ0n) is 18.7. The highest BCUT2D eigenvalue weighted by Crippen LogP contribution is 2.11. The Morgan fingerprint density at radius 1 is 1.29 bits per heavy atom. The van der Waals surface area contributed by atoms with Gasteiger partial charge in [0.25, 0.3) is 0 Å². The topological polar surface area (TPSA) is 99.2 Å². The van der Waals surface area contributed by atoms with Crippen molar-refractivity contribution >= 4 is 41.9 Å². The van der Waals surface area contributed by atoms with Gasteiger partial charge in [-0.3, -0.25) is 9.78 Å². The molecule has 2 rings (SSSR count). The molecule has 1 fully saturated rings. The molecule has 0 atom stereocenters. The van der Waals surface area contributed by atoms with Gasteiger partial charge in [0, 0.05) is 57.6 Å². The van der Waals surface area contributed by atoms with Gasteiger partial charge in [-0.15, -0.1) is 24.0 Å². The van der Waals surface area contributed by atoms with Crippen molar-refractivity contribution in [1.29, 1.82) is 0 Å². The number of hydrogen-bond donors (Lipinski definition) is 2. The second kappa shape index (κ2) is 14.8. The molecule has 174 valence electrons. The summed E-state index contributed by atoms with van der Waals surface area (Å²) in [4.78, 5) is 36.4. The van der Waals surface area contributed by atoms with Crippen LogP contribution in [0.15, 0.2) is 29.4 Å². The molecule has 0 bridgehead atoms. The van der Waals surface area contributed by atoms with E-state index in [9.17, 15) is 9.59 Å². The van der Waals surface area contributed by atoms with E-state index in [-0.39, 0.29) is 48.6 Å². The molecule has 1 aromatic rings. The fourth-order valence-corrected chi connectivity index (χ4v) is 3.15. The number of ether oxygens (including phenoxy) is 1. The number of carbonyl (C=O) groups is 2. The zero-order valence-corrected chi connectivity index (χ0v) is 21.0. The maximum Gasteiger partial charge on any atom is 0.409 e. The van der Waals surface area contributed by atoms with Gasteiger partial charge in [0.05, 0.1) is 6.61 Å². The molecule has 0 spiro atoms. The normalized spacial score (nSPS) is 14.4. The molecule has 31 heavy (non-hydrogen) atoms. The molecule has 0 radical (unpaired) electrons. The highest BCUT2D eigenvalue weighted by molar-refractivity contribution is 14.0. The van der Waals surface area contributed by atoms with E-state index in [0.717, 1.165) is 18.5 Å². The van der Waals surface area contributed by atoms with Crippen LogP contribution < -0.4 is 10.6 Å². The Morgan fingerprint density at radius 2 is 2.03 bits per heavy atom. The molecule has 0 saturated carbocycles. The second-order valence-electron chi connectivity index (χ2n) is 7.19. The Bertz CT molecular complexity index is 696. The van der Waals surface area contributed by atoms with Crippen LogP contribution in [0.2, 0.25) is 0 Å². The summed E-state index contributed by atoms with van der Waals surface area (Å²) in [6.45, 7) is 6.85. The Kier molecular flexibility index (Phi) is 12.9. The summed E-state index contributed by atoms with van der Waals surface area (Å²) >= 11 is 0. The molecule has 10 heteroatoms. The average Bonchev–Trinajstić information content (AvgIpc) is 2.77. The Balaban J connectivity index is 0.00000480. The third kappa shape index (κ3) is 9.70. The van der Waals surface area contributed by atoms with Crippen molar-refractivity contribution in [3.8, 4) is 0 Å². The van der Waals surface area contributed by atoms with Gasteiger partial charge >= 0.3 is 6.09 Å². The van der Waals surface area contributed by atoms with Gasteiger partial charge in [-0.25, -0.2) is 9.79 Å². The number of rotatable bonds is 8. The van der Waals surface area contributed by atoms with E-state index in [2.05, 4.69) is 20.6 Å². The van der Waals surface area contributed by atoms with Crippen LogP contribution in [0.4, 0.5) is 4.79 Å². The van der Waals surface area contributed by atoms with Gasteiger partial charge in [-0.05, 0) is 38.8 Å². The van der Waals surface area contributed by atoms with Crippen LogP contribution in [0.5, 0.6) is 0 Å². The van der Waals surface area contributed by atoms with Crippen LogP contribution in [-0.4, -0.2) is 85.2 Å². The Labute approximate surface area is 202 Å². The number of hydrogen-bond acceptors (Lipinski definition) is 5. The lowest BCUT2D eigenvalue weighted by Crippen LogP contribution is -2.50. The lowest BCUT2D eigenvalue weighted by Gasteiger charge is -2.32. The molecule has 1 aliphatic rings.